The Labute approximate surface area is 107 Å². The number of hydrogen-bond donors (Lipinski definition) is 0. The Morgan fingerprint density at radius 1 is 1.17 bits per heavy atom. The monoisotopic (exact) mass is 246 g/mol. The van der Waals surface area contributed by atoms with Crippen LogP contribution >= 0.6 is 0 Å². The van der Waals surface area contributed by atoms with Gasteiger partial charge in [0.15, 0.2) is 5.78 Å². The number of ether oxygens (including phenoxy) is 1. The summed E-state index contributed by atoms with van der Waals surface area (Å²) in [5, 5.41) is 0. The molecule has 0 N–H and O–H groups in total. The minimum atomic E-state index is -0.983. The van der Waals surface area contributed by atoms with E-state index in [0.717, 1.165) is 19.3 Å². The van der Waals surface area contributed by atoms with Gasteiger partial charge in [-0.1, -0.05) is 30.7 Å². The molecule has 0 bridgehead atoms. The molecular formula is C15H18O3. The molecule has 3 heteroatoms. The number of ketones is 1. The fourth-order valence-corrected chi connectivity index (χ4v) is 3.39. The van der Waals surface area contributed by atoms with Crippen LogP contribution < -0.4 is 0 Å². The summed E-state index contributed by atoms with van der Waals surface area (Å²) in [5.41, 5.74) is -1.41. The molecule has 3 nitrogen and oxygen atoms in total. The van der Waals surface area contributed by atoms with Crippen molar-refractivity contribution in [2.75, 3.05) is 0 Å². The quantitative estimate of drug-likeness (QED) is 0.527. The van der Waals surface area contributed by atoms with E-state index >= 15 is 0 Å². The lowest BCUT2D eigenvalue weighted by Gasteiger charge is -2.53. The van der Waals surface area contributed by atoms with E-state index in [9.17, 15) is 9.59 Å². The van der Waals surface area contributed by atoms with Gasteiger partial charge in [-0.2, -0.15) is 0 Å². The molecule has 3 aliphatic rings. The molecule has 2 aliphatic carbocycles. The zero-order valence-electron chi connectivity index (χ0n) is 10.8. The van der Waals surface area contributed by atoms with E-state index in [1.54, 1.807) is 13.8 Å². The predicted octanol–water partition coefficient (Wildman–Crippen LogP) is 2.42. The lowest BCUT2D eigenvalue weighted by atomic mass is 9.54. The Morgan fingerprint density at radius 3 is 2.28 bits per heavy atom. The number of cyclic esters (lactones) is 1. The van der Waals surface area contributed by atoms with Crippen LogP contribution in [0.1, 0.15) is 33.1 Å². The maximum absolute atomic E-state index is 12.7. The van der Waals surface area contributed by atoms with E-state index in [-0.39, 0.29) is 23.8 Å². The normalized spacial score (nSPS) is 32.7. The second kappa shape index (κ2) is 3.56. The van der Waals surface area contributed by atoms with Gasteiger partial charge in [-0.3, -0.25) is 9.59 Å². The van der Waals surface area contributed by atoms with Crippen molar-refractivity contribution < 1.29 is 14.3 Å². The summed E-state index contributed by atoms with van der Waals surface area (Å²) in [6, 6.07) is 0. The molecule has 1 heterocycles. The minimum Gasteiger partial charge on any atom is -0.460 e. The summed E-state index contributed by atoms with van der Waals surface area (Å²) < 4.78 is 5.65. The van der Waals surface area contributed by atoms with E-state index in [0.29, 0.717) is 0 Å². The van der Waals surface area contributed by atoms with Crippen molar-refractivity contribution in [1.82, 2.24) is 0 Å². The van der Waals surface area contributed by atoms with E-state index in [4.69, 9.17) is 4.74 Å². The molecule has 96 valence electrons. The van der Waals surface area contributed by atoms with Gasteiger partial charge in [-0.05, 0) is 26.7 Å². The molecule has 2 fully saturated rings. The Balaban J connectivity index is 1.99. The van der Waals surface area contributed by atoms with E-state index in [1.165, 1.54) is 0 Å². The summed E-state index contributed by atoms with van der Waals surface area (Å²) in [6.07, 6.45) is 10.4. The van der Waals surface area contributed by atoms with Crippen LogP contribution in [-0.4, -0.2) is 17.9 Å². The van der Waals surface area contributed by atoms with Crippen molar-refractivity contribution in [3.05, 3.63) is 24.3 Å². The average molecular weight is 246 g/mol. The van der Waals surface area contributed by atoms with Crippen LogP contribution in [0.5, 0.6) is 0 Å². The molecule has 0 aromatic heterocycles. The van der Waals surface area contributed by atoms with Gasteiger partial charge in [-0.25, -0.2) is 0 Å². The molecule has 1 spiro atoms. The Morgan fingerprint density at radius 2 is 1.78 bits per heavy atom. The second-order valence-electron chi connectivity index (χ2n) is 6.14. The molecule has 0 amide bonds. The lowest BCUT2D eigenvalue weighted by Crippen LogP contribution is -2.62. The first-order valence-electron chi connectivity index (χ1n) is 6.59. The summed E-state index contributed by atoms with van der Waals surface area (Å²) in [7, 11) is 0. The highest BCUT2D eigenvalue weighted by Gasteiger charge is 2.63. The van der Waals surface area contributed by atoms with Crippen molar-refractivity contribution in [1.29, 1.82) is 0 Å². The number of allylic oxidation sites excluding steroid dienone is 2. The molecule has 0 radical (unpaired) electrons. The summed E-state index contributed by atoms with van der Waals surface area (Å²) >= 11 is 0. The number of carbonyl (C=O) groups excluding carboxylic acids is 2. The van der Waals surface area contributed by atoms with Crippen LogP contribution in [0.25, 0.3) is 0 Å². The zero-order chi connectivity index (χ0) is 13.0. The smallest absolute Gasteiger partial charge is 0.319 e. The second-order valence-corrected chi connectivity index (χ2v) is 6.14. The predicted molar refractivity (Wildman–Crippen MR) is 66.7 cm³/mol. The third-order valence-corrected chi connectivity index (χ3v) is 4.68. The molecule has 0 aromatic carbocycles. The first-order valence-corrected chi connectivity index (χ1v) is 6.59. The molecule has 1 atom stereocenters. The SMILES string of the molecule is CC1(C)C(=O)OC(C2C=CC=C2)C2(CCC2)C1=O. The number of Topliss-reactive ketones (excluding diaryl/α,β-unsaturated/α-hetero) is 1. The maximum Gasteiger partial charge on any atom is 0.319 e. The van der Waals surface area contributed by atoms with Crippen molar-refractivity contribution in [2.45, 2.75) is 39.2 Å². The first-order chi connectivity index (χ1) is 8.48. The number of carbonyl (C=O) groups is 2. The Hall–Kier alpha value is -1.38. The third-order valence-electron chi connectivity index (χ3n) is 4.68. The summed E-state index contributed by atoms with van der Waals surface area (Å²) in [6.45, 7) is 3.38. The number of rotatable bonds is 1. The van der Waals surface area contributed by atoms with Gasteiger partial charge in [0.25, 0.3) is 0 Å². The van der Waals surface area contributed by atoms with Gasteiger partial charge in [0.2, 0.25) is 0 Å². The Kier molecular flexibility index (Phi) is 2.31. The molecule has 3 rings (SSSR count). The zero-order valence-corrected chi connectivity index (χ0v) is 10.8. The topological polar surface area (TPSA) is 43.4 Å². The van der Waals surface area contributed by atoms with Crippen LogP contribution in [0, 0.1) is 16.7 Å². The highest BCUT2D eigenvalue weighted by atomic mass is 16.5. The van der Waals surface area contributed by atoms with Crippen molar-refractivity contribution in [3.8, 4) is 0 Å². The van der Waals surface area contributed by atoms with E-state index in [2.05, 4.69) is 0 Å². The van der Waals surface area contributed by atoms with Crippen molar-refractivity contribution in [2.24, 2.45) is 16.7 Å². The van der Waals surface area contributed by atoms with E-state index in [1.807, 2.05) is 24.3 Å². The molecule has 1 aliphatic heterocycles. The van der Waals surface area contributed by atoms with Crippen molar-refractivity contribution in [3.63, 3.8) is 0 Å². The largest absolute Gasteiger partial charge is 0.460 e. The van der Waals surface area contributed by atoms with Crippen molar-refractivity contribution >= 4 is 11.8 Å². The van der Waals surface area contributed by atoms with E-state index < -0.39 is 10.8 Å². The fraction of sp³-hybridized carbons (Fsp3) is 0.600. The summed E-state index contributed by atoms with van der Waals surface area (Å²) in [4.78, 5) is 24.7. The van der Waals surface area contributed by atoms with Gasteiger partial charge >= 0.3 is 5.97 Å². The number of hydrogen-bond acceptors (Lipinski definition) is 3. The highest BCUT2D eigenvalue weighted by Crippen LogP contribution is 2.55. The fourth-order valence-electron chi connectivity index (χ4n) is 3.39. The lowest BCUT2D eigenvalue weighted by molar-refractivity contribution is -0.198. The van der Waals surface area contributed by atoms with Gasteiger partial charge < -0.3 is 4.74 Å². The van der Waals surface area contributed by atoms with Crippen LogP contribution in [0.4, 0.5) is 0 Å². The number of esters is 1. The first kappa shape index (κ1) is 11.7. The minimum absolute atomic E-state index is 0.0642. The van der Waals surface area contributed by atoms with Gasteiger partial charge in [0.05, 0.1) is 5.41 Å². The average Bonchev–Trinajstić information content (AvgIpc) is 2.77. The summed E-state index contributed by atoms with van der Waals surface area (Å²) in [5.74, 6) is -0.228. The molecule has 1 saturated heterocycles. The van der Waals surface area contributed by atoms with Gasteiger partial charge in [-0.15, -0.1) is 0 Å². The molecule has 0 aromatic rings. The van der Waals surface area contributed by atoms with Crippen LogP contribution in [0.15, 0.2) is 24.3 Å². The molecule has 18 heavy (non-hydrogen) atoms. The maximum atomic E-state index is 12.7. The molecular weight excluding hydrogens is 228 g/mol. The molecule has 1 saturated carbocycles. The molecule has 1 unspecified atom stereocenters. The van der Waals surface area contributed by atoms with Crippen LogP contribution in [0.3, 0.4) is 0 Å². The van der Waals surface area contributed by atoms with Gasteiger partial charge in [0.1, 0.15) is 11.5 Å². The van der Waals surface area contributed by atoms with Crippen LogP contribution in [0.2, 0.25) is 0 Å². The standard InChI is InChI=1S/C15H18O3/c1-14(2)12(16)15(8-5-9-15)11(18-13(14)17)10-6-3-4-7-10/h3-4,6-7,10-11H,5,8-9H2,1-2H3. The van der Waals surface area contributed by atoms with Gasteiger partial charge in [0, 0.05) is 5.92 Å². The van der Waals surface area contributed by atoms with Crippen LogP contribution in [-0.2, 0) is 14.3 Å². The highest BCUT2D eigenvalue weighted by molar-refractivity contribution is 6.08. The Bertz CT molecular complexity index is 454. The third kappa shape index (κ3) is 1.30.